The zero-order chi connectivity index (χ0) is 16.3. The molecule has 0 fully saturated rings. The first-order valence-electron chi connectivity index (χ1n) is 8.91. The van der Waals surface area contributed by atoms with Crippen molar-refractivity contribution in [1.29, 1.82) is 0 Å². The number of allylic oxidation sites excluding steroid dienone is 6. The molecular formula is C20H34O2. The molecule has 0 saturated heterocycles. The summed E-state index contributed by atoms with van der Waals surface area (Å²) in [6.07, 6.45) is 24.2. The van der Waals surface area contributed by atoms with Gasteiger partial charge in [-0.15, -0.1) is 0 Å². The number of hydrogen-bond acceptors (Lipinski definition) is 2. The number of carbonyl (C=O) groups excluding carboxylic acids is 1. The summed E-state index contributed by atoms with van der Waals surface area (Å²) in [5, 5.41) is 0. The zero-order valence-electron chi connectivity index (χ0n) is 14.6. The fraction of sp³-hybridized carbons (Fsp3) is 0.650. The molecule has 22 heavy (non-hydrogen) atoms. The summed E-state index contributed by atoms with van der Waals surface area (Å²) in [5.41, 5.74) is 0. The summed E-state index contributed by atoms with van der Waals surface area (Å²) in [6, 6.07) is 0. The number of rotatable bonds is 14. The summed E-state index contributed by atoms with van der Waals surface area (Å²) in [7, 11) is 0. The number of esters is 1. The molecule has 0 aliphatic heterocycles. The molecule has 0 aromatic carbocycles. The van der Waals surface area contributed by atoms with Gasteiger partial charge in [-0.2, -0.15) is 0 Å². The van der Waals surface area contributed by atoms with E-state index in [0.29, 0.717) is 13.0 Å². The number of unbranched alkanes of at least 4 members (excludes halogenated alkanes) is 5. The highest BCUT2D eigenvalue weighted by molar-refractivity contribution is 5.69. The van der Waals surface area contributed by atoms with Crippen LogP contribution in [0.2, 0.25) is 0 Å². The van der Waals surface area contributed by atoms with E-state index >= 15 is 0 Å². The molecule has 2 heteroatoms. The maximum atomic E-state index is 11.1. The van der Waals surface area contributed by atoms with Crippen LogP contribution < -0.4 is 0 Å². The van der Waals surface area contributed by atoms with Crippen LogP contribution >= 0.6 is 0 Å². The second kappa shape index (κ2) is 17.7. The van der Waals surface area contributed by atoms with Crippen molar-refractivity contribution >= 4 is 5.97 Å². The van der Waals surface area contributed by atoms with Crippen molar-refractivity contribution in [1.82, 2.24) is 0 Å². The summed E-state index contributed by atoms with van der Waals surface area (Å²) in [5.74, 6) is -0.0522. The van der Waals surface area contributed by atoms with Gasteiger partial charge in [0.15, 0.2) is 0 Å². The van der Waals surface area contributed by atoms with Crippen LogP contribution in [-0.4, -0.2) is 12.6 Å². The summed E-state index contributed by atoms with van der Waals surface area (Å²) < 4.78 is 4.90. The first kappa shape index (κ1) is 20.7. The molecule has 0 saturated carbocycles. The lowest BCUT2D eigenvalue weighted by molar-refractivity contribution is -0.143. The van der Waals surface area contributed by atoms with Crippen molar-refractivity contribution in [3.8, 4) is 0 Å². The normalized spacial score (nSPS) is 11.9. The summed E-state index contributed by atoms with van der Waals surface area (Å²) in [4.78, 5) is 11.1. The summed E-state index contributed by atoms with van der Waals surface area (Å²) >= 11 is 0. The minimum Gasteiger partial charge on any atom is -0.466 e. The van der Waals surface area contributed by atoms with Crippen LogP contribution in [0.4, 0.5) is 0 Å². The van der Waals surface area contributed by atoms with Crippen molar-refractivity contribution in [2.24, 2.45) is 0 Å². The number of hydrogen-bond donors (Lipinski definition) is 0. The lowest BCUT2D eigenvalue weighted by atomic mass is 10.1. The van der Waals surface area contributed by atoms with Gasteiger partial charge in [0, 0.05) is 6.42 Å². The highest BCUT2D eigenvalue weighted by Crippen LogP contribution is 2.08. The van der Waals surface area contributed by atoms with E-state index in [4.69, 9.17) is 4.74 Å². The highest BCUT2D eigenvalue weighted by Gasteiger charge is 2.00. The molecule has 0 aromatic heterocycles. The largest absolute Gasteiger partial charge is 0.466 e. The van der Waals surface area contributed by atoms with Crippen LogP contribution in [0.5, 0.6) is 0 Å². The molecule has 0 rings (SSSR count). The first-order chi connectivity index (χ1) is 10.8. The van der Waals surface area contributed by atoms with Gasteiger partial charge in [0.05, 0.1) is 6.61 Å². The Morgan fingerprint density at radius 1 is 0.773 bits per heavy atom. The van der Waals surface area contributed by atoms with Gasteiger partial charge in [0.25, 0.3) is 0 Å². The molecule has 0 amide bonds. The van der Waals surface area contributed by atoms with Crippen LogP contribution in [-0.2, 0) is 9.53 Å². The van der Waals surface area contributed by atoms with E-state index in [2.05, 4.69) is 43.4 Å². The molecule has 0 aliphatic carbocycles. The third kappa shape index (κ3) is 16.7. The van der Waals surface area contributed by atoms with Crippen molar-refractivity contribution in [2.45, 2.75) is 78.1 Å². The molecule has 0 spiro atoms. The topological polar surface area (TPSA) is 26.3 Å². The predicted octanol–water partition coefficient (Wildman–Crippen LogP) is 6.14. The molecule has 0 aromatic rings. The molecule has 0 heterocycles. The van der Waals surface area contributed by atoms with Gasteiger partial charge < -0.3 is 4.74 Å². The Bertz CT molecular complexity index is 327. The van der Waals surface area contributed by atoms with Crippen LogP contribution in [0, 0.1) is 0 Å². The van der Waals surface area contributed by atoms with Crippen LogP contribution in [0.1, 0.15) is 78.1 Å². The molecule has 126 valence electrons. The smallest absolute Gasteiger partial charge is 0.305 e. The first-order valence-corrected chi connectivity index (χ1v) is 8.91. The van der Waals surface area contributed by atoms with Gasteiger partial charge >= 0.3 is 5.97 Å². The van der Waals surface area contributed by atoms with Crippen molar-refractivity contribution in [2.75, 3.05) is 6.61 Å². The van der Waals surface area contributed by atoms with Crippen LogP contribution in [0.25, 0.3) is 0 Å². The maximum Gasteiger partial charge on any atom is 0.305 e. The minimum absolute atomic E-state index is 0.0522. The number of carbonyl (C=O) groups is 1. The van der Waals surface area contributed by atoms with Crippen LogP contribution in [0.15, 0.2) is 36.5 Å². The zero-order valence-corrected chi connectivity index (χ0v) is 14.6. The van der Waals surface area contributed by atoms with Gasteiger partial charge in [-0.25, -0.2) is 0 Å². The average Bonchev–Trinajstić information content (AvgIpc) is 2.51. The second-order valence-corrected chi connectivity index (χ2v) is 5.41. The molecule has 0 atom stereocenters. The third-order valence-electron chi connectivity index (χ3n) is 3.34. The van der Waals surface area contributed by atoms with Gasteiger partial charge in [0.1, 0.15) is 0 Å². The van der Waals surface area contributed by atoms with Crippen LogP contribution in [0.3, 0.4) is 0 Å². The van der Waals surface area contributed by atoms with Crippen molar-refractivity contribution in [3.05, 3.63) is 36.5 Å². The minimum atomic E-state index is -0.0522. The SMILES string of the molecule is CCC=CCC=CC/C=C\CCCCCCCC(=O)OCC. The molecule has 0 bridgehead atoms. The van der Waals surface area contributed by atoms with E-state index in [9.17, 15) is 4.79 Å². The molecule has 0 unspecified atom stereocenters. The van der Waals surface area contributed by atoms with E-state index in [-0.39, 0.29) is 5.97 Å². The second-order valence-electron chi connectivity index (χ2n) is 5.41. The van der Waals surface area contributed by atoms with Gasteiger partial charge in [0.2, 0.25) is 0 Å². The van der Waals surface area contributed by atoms with Gasteiger partial charge in [-0.1, -0.05) is 62.6 Å². The third-order valence-corrected chi connectivity index (χ3v) is 3.34. The monoisotopic (exact) mass is 306 g/mol. The average molecular weight is 306 g/mol. The van der Waals surface area contributed by atoms with E-state index < -0.39 is 0 Å². The fourth-order valence-electron chi connectivity index (χ4n) is 2.12. The Kier molecular flexibility index (Phi) is 16.7. The van der Waals surface area contributed by atoms with E-state index in [1.165, 1.54) is 25.7 Å². The predicted molar refractivity (Wildman–Crippen MR) is 95.9 cm³/mol. The van der Waals surface area contributed by atoms with Gasteiger partial charge in [-0.3, -0.25) is 4.79 Å². The van der Waals surface area contributed by atoms with E-state index in [1.807, 2.05) is 6.92 Å². The molecule has 0 N–H and O–H groups in total. The molecule has 0 radical (unpaired) electrons. The Hall–Kier alpha value is -1.31. The lowest BCUT2D eigenvalue weighted by Gasteiger charge is -2.01. The number of ether oxygens (including phenoxy) is 1. The summed E-state index contributed by atoms with van der Waals surface area (Å²) in [6.45, 7) is 4.50. The van der Waals surface area contributed by atoms with Gasteiger partial charge in [-0.05, 0) is 45.4 Å². The van der Waals surface area contributed by atoms with Crippen molar-refractivity contribution in [3.63, 3.8) is 0 Å². The quantitative estimate of drug-likeness (QED) is 0.219. The Morgan fingerprint density at radius 2 is 1.36 bits per heavy atom. The van der Waals surface area contributed by atoms with E-state index in [1.54, 1.807) is 0 Å². The maximum absolute atomic E-state index is 11.1. The molecule has 0 aliphatic rings. The van der Waals surface area contributed by atoms with Crippen molar-refractivity contribution < 1.29 is 9.53 Å². The molecular weight excluding hydrogens is 272 g/mol. The Balaban J connectivity index is 3.27. The van der Waals surface area contributed by atoms with E-state index in [0.717, 1.165) is 32.1 Å². The standard InChI is InChI=1S/C20H34O2/c1-3-5-6-7-8-9-10-11-12-13-14-15-16-17-18-19-20(21)22-4-2/h5-6,8-9,11-12H,3-4,7,10,13-19H2,1-2H3/b6-5?,9-8?,12-11-. The lowest BCUT2D eigenvalue weighted by Crippen LogP contribution is -2.03. The molecule has 2 nitrogen and oxygen atoms in total. The Labute approximate surface area is 137 Å². The Morgan fingerprint density at radius 3 is 2.05 bits per heavy atom. The highest BCUT2D eigenvalue weighted by atomic mass is 16.5. The fourth-order valence-corrected chi connectivity index (χ4v) is 2.12.